The largest absolute Gasteiger partial charge is 0.314 e. The molecule has 0 bridgehead atoms. The maximum Gasteiger partial charge on any atom is 0.00865 e. The fourth-order valence-electron chi connectivity index (χ4n) is 2.10. The molecule has 0 amide bonds. The van der Waals surface area contributed by atoms with Gasteiger partial charge in [0, 0.05) is 12.5 Å². The van der Waals surface area contributed by atoms with Crippen LogP contribution in [-0.4, -0.2) is 37.6 Å². The predicted molar refractivity (Wildman–Crippen MR) is 65.8 cm³/mol. The zero-order valence-electron chi connectivity index (χ0n) is 9.97. The Bertz CT molecular complexity index is 195. The molecule has 0 saturated carbocycles. The van der Waals surface area contributed by atoms with Crippen LogP contribution in [0.25, 0.3) is 0 Å². The first-order valence-electron chi connectivity index (χ1n) is 6.18. The Balaban J connectivity index is 2.03. The van der Waals surface area contributed by atoms with Crippen LogP contribution >= 0.6 is 0 Å². The summed E-state index contributed by atoms with van der Waals surface area (Å²) in [7, 11) is 2.22. The van der Waals surface area contributed by atoms with Crippen molar-refractivity contribution >= 4 is 0 Å². The van der Waals surface area contributed by atoms with Crippen molar-refractivity contribution in [2.24, 2.45) is 0 Å². The molecule has 2 nitrogen and oxygen atoms in total. The van der Waals surface area contributed by atoms with Gasteiger partial charge >= 0.3 is 0 Å². The van der Waals surface area contributed by atoms with Crippen molar-refractivity contribution in [3.63, 3.8) is 0 Å². The molecule has 1 N–H and O–H groups in total. The van der Waals surface area contributed by atoms with E-state index >= 15 is 0 Å². The lowest BCUT2D eigenvalue weighted by Crippen LogP contribution is -2.31. The van der Waals surface area contributed by atoms with Gasteiger partial charge < -0.3 is 10.2 Å². The summed E-state index contributed by atoms with van der Waals surface area (Å²) in [6, 6.07) is 0.737. The minimum Gasteiger partial charge on any atom is -0.314 e. The van der Waals surface area contributed by atoms with Crippen molar-refractivity contribution in [1.29, 1.82) is 0 Å². The summed E-state index contributed by atoms with van der Waals surface area (Å²) in [6.07, 6.45) is 12.5. The fraction of sp³-hybridized carbons (Fsp3) is 0.846. The van der Waals surface area contributed by atoms with Gasteiger partial charge in [0.15, 0.2) is 0 Å². The van der Waals surface area contributed by atoms with Crippen LogP contribution in [0.1, 0.15) is 38.5 Å². The van der Waals surface area contributed by atoms with Crippen molar-refractivity contribution in [2.75, 3.05) is 26.7 Å². The Hall–Kier alpha value is -0.520. The van der Waals surface area contributed by atoms with Gasteiger partial charge in [-0.3, -0.25) is 0 Å². The molecule has 86 valence electrons. The van der Waals surface area contributed by atoms with E-state index in [-0.39, 0.29) is 0 Å². The number of nitrogens with zero attached hydrogens (tertiary/aromatic N) is 1. The van der Waals surface area contributed by atoms with E-state index in [0.29, 0.717) is 0 Å². The van der Waals surface area contributed by atoms with Crippen LogP contribution in [0.3, 0.4) is 0 Å². The smallest absolute Gasteiger partial charge is 0.00865 e. The molecular formula is C13H24N2. The molecule has 0 aromatic heterocycles. The molecule has 1 rings (SSSR count). The van der Waals surface area contributed by atoms with Crippen LogP contribution in [0.4, 0.5) is 0 Å². The first-order valence-corrected chi connectivity index (χ1v) is 6.18. The van der Waals surface area contributed by atoms with E-state index < -0.39 is 0 Å². The Morgan fingerprint density at radius 3 is 3.00 bits per heavy atom. The highest BCUT2D eigenvalue weighted by Gasteiger charge is 2.13. The molecule has 0 aliphatic carbocycles. The van der Waals surface area contributed by atoms with Gasteiger partial charge in [-0.05, 0) is 58.8 Å². The molecule has 0 spiro atoms. The maximum atomic E-state index is 5.21. The van der Waals surface area contributed by atoms with Crippen LogP contribution in [0.15, 0.2) is 0 Å². The second-order valence-corrected chi connectivity index (χ2v) is 4.55. The second-order valence-electron chi connectivity index (χ2n) is 4.55. The first-order chi connectivity index (χ1) is 7.33. The van der Waals surface area contributed by atoms with Crippen LogP contribution < -0.4 is 5.32 Å². The van der Waals surface area contributed by atoms with E-state index in [2.05, 4.69) is 23.2 Å². The third kappa shape index (κ3) is 5.81. The zero-order chi connectivity index (χ0) is 10.9. The molecule has 15 heavy (non-hydrogen) atoms. The SMILES string of the molecule is C#CCCCCNC1CCCN(C)CC1. The molecule has 2 heteroatoms. The van der Waals surface area contributed by atoms with E-state index in [4.69, 9.17) is 6.42 Å². The molecule has 0 aromatic carbocycles. The van der Waals surface area contributed by atoms with Crippen LogP contribution in [0.5, 0.6) is 0 Å². The number of hydrogen-bond donors (Lipinski definition) is 1. The van der Waals surface area contributed by atoms with Crippen molar-refractivity contribution in [3.8, 4) is 12.3 Å². The summed E-state index contributed by atoms with van der Waals surface area (Å²) in [4.78, 5) is 2.43. The zero-order valence-corrected chi connectivity index (χ0v) is 9.97. The third-order valence-electron chi connectivity index (χ3n) is 3.13. The fourth-order valence-corrected chi connectivity index (χ4v) is 2.10. The molecule has 0 aromatic rings. The number of unbranched alkanes of at least 4 members (excludes halogenated alkanes) is 2. The maximum absolute atomic E-state index is 5.21. The van der Waals surface area contributed by atoms with Crippen LogP contribution in [0.2, 0.25) is 0 Å². The number of nitrogens with one attached hydrogen (secondary N) is 1. The summed E-state index contributed by atoms with van der Waals surface area (Å²) in [5.74, 6) is 2.69. The van der Waals surface area contributed by atoms with Gasteiger partial charge in [-0.15, -0.1) is 12.3 Å². The van der Waals surface area contributed by atoms with Crippen LogP contribution in [-0.2, 0) is 0 Å². The minimum atomic E-state index is 0.737. The van der Waals surface area contributed by atoms with Crippen molar-refractivity contribution < 1.29 is 0 Å². The number of likely N-dealkylation sites (tertiary alicyclic amines) is 1. The number of rotatable bonds is 5. The Labute approximate surface area is 94.4 Å². The number of terminal acetylenes is 1. The van der Waals surface area contributed by atoms with E-state index in [1.54, 1.807) is 0 Å². The Morgan fingerprint density at radius 2 is 2.20 bits per heavy atom. The van der Waals surface area contributed by atoms with E-state index in [0.717, 1.165) is 25.4 Å². The summed E-state index contributed by atoms with van der Waals surface area (Å²) >= 11 is 0. The minimum absolute atomic E-state index is 0.737. The molecular weight excluding hydrogens is 184 g/mol. The standard InChI is InChI=1S/C13H24N2/c1-3-4-5-6-10-14-13-8-7-11-15(2)12-9-13/h1,13-14H,4-12H2,2H3. The number of hydrogen-bond acceptors (Lipinski definition) is 2. The highest BCUT2D eigenvalue weighted by atomic mass is 15.1. The van der Waals surface area contributed by atoms with Gasteiger partial charge in [0.25, 0.3) is 0 Å². The van der Waals surface area contributed by atoms with Crippen molar-refractivity contribution in [2.45, 2.75) is 44.6 Å². The van der Waals surface area contributed by atoms with Gasteiger partial charge in [-0.1, -0.05) is 0 Å². The lowest BCUT2D eigenvalue weighted by Gasteiger charge is -2.16. The van der Waals surface area contributed by atoms with Gasteiger partial charge in [0.1, 0.15) is 0 Å². The molecule has 1 saturated heterocycles. The molecule has 1 aliphatic heterocycles. The van der Waals surface area contributed by atoms with Gasteiger partial charge in [0.05, 0.1) is 0 Å². The average Bonchev–Trinajstić information content (AvgIpc) is 2.43. The molecule has 1 aliphatic rings. The predicted octanol–water partition coefficient (Wildman–Crippen LogP) is 1.86. The summed E-state index contributed by atoms with van der Waals surface area (Å²) in [5, 5.41) is 3.65. The average molecular weight is 208 g/mol. The van der Waals surface area contributed by atoms with Gasteiger partial charge in [0.2, 0.25) is 0 Å². The van der Waals surface area contributed by atoms with E-state index in [1.807, 2.05) is 0 Å². The molecule has 0 radical (unpaired) electrons. The molecule has 1 atom stereocenters. The monoisotopic (exact) mass is 208 g/mol. The molecule has 1 fully saturated rings. The topological polar surface area (TPSA) is 15.3 Å². The second kappa shape index (κ2) is 7.73. The Kier molecular flexibility index (Phi) is 6.47. The summed E-state index contributed by atoms with van der Waals surface area (Å²) in [6.45, 7) is 3.63. The lowest BCUT2D eigenvalue weighted by molar-refractivity contribution is 0.343. The Morgan fingerprint density at radius 1 is 1.33 bits per heavy atom. The normalized spacial score (nSPS) is 23.3. The van der Waals surface area contributed by atoms with Crippen LogP contribution in [0, 0.1) is 12.3 Å². The van der Waals surface area contributed by atoms with Crippen molar-refractivity contribution in [3.05, 3.63) is 0 Å². The van der Waals surface area contributed by atoms with Gasteiger partial charge in [-0.2, -0.15) is 0 Å². The third-order valence-corrected chi connectivity index (χ3v) is 3.13. The lowest BCUT2D eigenvalue weighted by atomic mass is 10.1. The van der Waals surface area contributed by atoms with Crippen molar-refractivity contribution in [1.82, 2.24) is 10.2 Å². The first kappa shape index (κ1) is 12.5. The van der Waals surface area contributed by atoms with E-state index in [1.165, 1.54) is 38.8 Å². The quantitative estimate of drug-likeness (QED) is 0.548. The molecule has 1 unspecified atom stereocenters. The summed E-state index contributed by atoms with van der Waals surface area (Å²) < 4.78 is 0. The van der Waals surface area contributed by atoms with Gasteiger partial charge in [-0.25, -0.2) is 0 Å². The highest BCUT2D eigenvalue weighted by molar-refractivity contribution is 4.83. The van der Waals surface area contributed by atoms with E-state index in [9.17, 15) is 0 Å². The summed E-state index contributed by atoms with van der Waals surface area (Å²) in [5.41, 5.74) is 0. The molecule has 1 heterocycles. The highest BCUT2D eigenvalue weighted by Crippen LogP contribution is 2.09.